The first-order chi connectivity index (χ1) is 15.6. The van der Waals surface area contributed by atoms with Gasteiger partial charge in [0, 0.05) is 6.42 Å². The maximum atomic E-state index is 15.1. The van der Waals surface area contributed by atoms with Gasteiger partial charge in [-0.15, -0.1) is 0 Å². The molecule has 0 N–H and O–H groups in total. The summed E-state index contributed by atoms with van der Waals surface area (Å²) in [5, 5.41) is 0.728. The molecule has 0 radical (unpaired) electrons. The Balaban J connectivity index is 1.64. The first-order valence-corrected chi connectivity index (χ1v) is 12.4. The number of rotatable bonds is 13. The monoisotopic (exact) mass is 436 g/mol. The number of hydrogen-bond donors (Lipinski definition) is 0. The Bertz CT molecular complexity index is 1030. The van der Waals surface area contributed by atoms with E-state index in [0.717, 1.165) is 32.1 Å². The van der Waals surface area contributed by atoms with Gasteiger partial charge in [0.05, 0.1) is 0 Å². The van der Waals surface area contributed by atoms with Crippen LogP contribution in [0.2, 0.25) is 0 Å². The lowest BCUT2D eigenvalue weighted by atomic mass is 9.99. The van der Waals surface area contributed by atoms with Crippen molar-refractivity contribution in [3.63, 3.8) is 0 Å². The fraction of sp³-hybridized carbons (Fsp3) is 0.483. The summed E-state index contributed by atoms with van der Waals surface area (Å²) < 4.78 is 20.6. The average molecular weight is 437 g/mol. The predicted molar refractivity (Wildman–Crippen MR) is 132 cm³/mol. The Morgan fingerprint density at radius 3 is 2.06 bits per heavy atom. The molecule has 0 aliphatic carbocycles. The van der Waals surface area contributed by atoms with E-state index in [1.807, 2.05) is 18.2 Å². The van der Waals surface area contributed by atoms with Gasteiger partial charge in [-0.3, -0.25) is 0 Å². The molecule has 0 aliphatic rings. The van der Waals surface area contributed by atoms with Crippen molar-refractivity contribution in [3.05, 3.63) is 81.2 Å². The normalized spacial score (nSPS) is 11.3. The van der Waals surface area contributed by atoms with Crippen molar-refractivity contribution in [1.29, 1.82) is 0 Å². The number of fused-ring (bicyclic) bond motifs is 1. The molecule has 3 aromatic rings. The number of aryl methyl sites for hydroxylation is 4. The molecule has 32 heavy (non-hydrogen) atoms. The van der Waals surface area contributed by atoms with Crippen LogP contribution in [0.25, 0.3) is 10.8 Å². The van der Waals surface area contributed by atoms with Gasteiger partial charge in [0.15, 0.2) is 0 Å². The van der Waals surface area contributed by atoms with Crippen LogP contribution in [-0.2, 0) is 25.7 Å². The summed E-state index contributed by atoms with van der Waals surface area (Å²) in [7, 11) is 0. The molecule has 0 saturated carbocycles. The largest absolute Gasteiger partial charge is 0.427 e. The second kappa shape index (κ2) is 12.6. The SMILES string of the molecule is CCCCCCCc1cc2ccc(CCc3ccc(CCCCC)cc3)c(F)c2c(=O)o1. The third-order valence-corrected chi connectivity index (χ3v) is 6.30. The standard InChI is InChI=1S/C29H37FO2/c1-3-5-7-8-10-12-26-21-25-20-19-24(28(30)27(25)29(31)32-26)18-17-23-15-13-22(14-16-23)11-9-6-4-2/h13-16,19-21H,3-12,17-18H2,1-2H3. The highest BCUT2D eigenvalue weighted by atomic mass is 19.1. The minimum absolute atomic E-state index is 0.0866. The first kappa shape index (κ1) is 24.2. The Hall–Kier alpha value is -2.42. The highest BCUT2D eigenvalue weighted by Gasteiger charge is 2.13. The second-order valence-electron chi connectivity index (χ2n) is 8.94. The molecule has 0 aliphatic heterocycles. The van der Waals surface area contributed by atoms with Crippen LogP contribution in [0.15, 0.2) is 51.7 Å². The van der Waals surface area contributed by atoms with Crippen LogP contribution in [0.4, 0.5) is 4.39 Å². The summed E-state index contributed by atoms with van der Waals surface area (Å²) in [6.07, 6.45) is 12.6. The first-order valence-electron chi connectivity index (χ1n) is 12.4. The number of unbranched alkanes of at least 4 members (excludes halogenated alkanes) is 6. The molecule has 0 bridgehead atoms. The third-order valence-electron chi connectivity index (χ3n) is 6.30. The fourth-order valence-corrected chi connectivity index (χ4v) is 4.28. The highest BCUT2D eigenvalue weighted by Crippen LogP contribution is 2.22. The molecule has 2 aromatic carbocycles. The summed E-state index contributed by atoms with van der Waals surface area (Å²) >= 11 is 0. The van der Waals surface area contributed by atoms with E-state index in [1.165, 1.54) is 49.7 Å². The van der Waals surface area contributed by atoms with Gasteiger partial charge in [0.2, 0.25) is 0 Å². The Labute approximate surface area is 191 Å². The van der Waals surface area contributed by atoms with Crippen LogP contribution < -0.4 is 5.63 Å². The Morgan fingerprint density at radius 1 is 0.719 bits per heavy atom. The molecule has 0 saturated heterocycles. The number of halogens is 1. The molecular weight excluding hydrogens is 399 g/mol. The van der Waals surface area contributed by atoms with Gasteiger partial charge in [-0.25, -0.2) is 9.18 Å². The summed E-state index contributed by atoms with van der Waals surface area (Å²) in [5.74, 6) is 0.229. The molecule has 0 unspecified atom stereocenters. The summed E-state index contributed by atoms with van der Waals surface area (Å²) in [4.78, 5) is 12.5. The third kappa shape index (κ3) is 6.79. The van der Waals surface area contributed by atoms with Crippen LogP contribution >= 0.6 is 0 Å². The van der Waals surface area contributed by atoms with Crippen molar-refractivity contribution in [1.82, 2.24) is 0 Å². The van der Waals surface area contributed by atoms with Crippen LogP contribution in [0.3, 0.4) is 0 Å². The van der Waals surface area contributed by atoms with Crippen LogP contribution in [-0.4, -0.2) is 0 Å². The van der Waals surface area contributed by atoms with E-state index in [0.29, 0.717) is 23.1 Å². The van der Waals surface area contributed by atoms with Gasteiger partial charge in [0.25, 0.3) is 0 Å². The molecule has 1 aromatic heterocycles. The minimum Gasteiger partial charge on any atom is -0.427 e. The molecular formula is C29H37FO2. The fourth-order valence-electron chi connectivity index (χ4n) is 4.28. The molecule has 0 amide bonds. The zero-order chi connectivity index (χ0) is 22.8. The van der Waals surface area contributed by atoms with Gasteiger partial charge in [0.1, 0.15) is 17.0 Å². The van der Waals surface area contributed by atoms with Gasteiger partial charge < -0.3 is 4.42 Å². The van der Waals surface area contributed by atoms with Gasteiger partial charge in [-0.05, 0) is 60.2 Å². The smallest absolute Gasteiger partial charge is 0.346 e. The number of hydrogen-bond acceptors (Lipinski definition) is 2. The topological polar surface area (TPSA) is 30.2 Å². The Morgan fingerprint density at radius 2 is 1.34 bits per heavy atom. The van der Waals surface area contributed by atoms with Crippen molar-refractivity contribution in [2.75, 3.05) is 0 Å². The molecule has 3 rings (SSSR count). The molecule has 0 fully saturated rings. The van der Waals surface area contributed by atoms with E-state index in [9.17, 15) is 4.79 Å². The average Bonchev–Trinajstić information content (AvgIpc) is 2.79. The lowest BCUT2D eigenvalue weighted by Crippen LogP contribution is -2.07. The molecule has 3 heteroatoms. The lowest BCUT2D eigenvalue weighted by Gasteiger charge is -2.08. The zero-order valence-electron chi connectivity index (χ0n) is 19.7. The lowest BCUT2D eigenvalue weighted by molar-refractivity contribution is 0.453. The van der Waals surface area contributed by atoms with Gasteiger partial charge in [-0.1, -0.05) is 88.8 Å². The van der Waals surface area contributed by atoms with Crippen LogP contribution in [0.1, 0.15) is 87.7 Å². The van der Waals surface area contributed by atoms with Crippen molar-refractivity contribution >= 4 is 10.8 Å². The van der Waals surface area contributed by atoms with Crippen LogP contribution in [0.5, 0.6) is 0 Å². The van der Waals surface area contributed by atoms with Crippen molar-refractivity contribution in [2.45, 2.75) is 90.9 Å². The van der Waals surface area contributed by atoms with E-state index in [4.69, 9.17) is 4.42 Å². The number of benzene rings is 2. The summed E-state index contributed by atoms with van der Waals surface area (Å²) in [6.45, 7) is 4.41. The zero-order valence-corrected chi connectivity index (χ0v) is 19.7. The maximum Gasteiger partial charge on any atom is 0.346 e. The molecule has 0 spiro atoms. The highest BCUT2D eigenvalue weighted by molar-refractivity contribution is 5.82. The van der Waals surface area contributed by atoms with E-state index < -0.39 is 11.4 Å². The van der Waals surface area contributed by atoms with E-state index in [1.54, 1.807) is 0 Å². The predicted octanol–water partition coefficient (Wildman–Crippen LogP) is 7.96. The van der Waals surface area contributed by atoms with Gasteiger partial charge in [-0.2, -0.15) is 0 Å². The second-order valence-corrected chi connectivity index (χ2v) is 8.94. The van der Waals surface area contributed by atoms with Gasteiger partial charge >= 0.3 is 5.63 Å². The maximum absolute atomic E-state index is 15.1. The molecule has 1 heterocycles. The quantitative estimate of drug-likeness (QED) is 0.254. The van der Waals surface area contributed by atoms with E-state index in [-0.39, 0.29) is 5.39 Å². The molecule has 2 nitrogen and oxygen atoms in total. The van der Waals surface area contributed by atoms with E-state index >= 15 is 4.39 Å². The molecule has 0 atom stereocenters. The van der Waals surface area contributed by atoms with Crippen LogP contribution in [0, 0.1) is 5.82 Å². The molecule has 172 valence electrons. The van der Waals surface area contributed by atoms with E-state index in [2.05, 4.69) is 38.1 Å². The van der Waals surface area contributed by atoms with Crippen molar-refractivity contribution in [2.24, 2.45) is 0 Å². The van der Waals surface area contributed by atoms with Crippen molar-refractivity contribution < 1.29 is 8.81 Å². The summed E-state index contributed by atoms with van der Waals surface area (Å²) in [6, 6.07) is 14.2. The Kier molecular flexibility index (Phi) is 9.52. The van der Waals surface area contributed by atoms with Crippen molar-refractivity contribution in [3.8, 4) is 0 Å². The minimum atomic E-state index is -0.554. The summed E-state index contributed by atoms with van der Waals surface area (Å²) in [5.41, 5.74) is 2.57.